The van der Waals surface area contributed by atoms with E-state index in [9.17, 15) is 23.1 Å². The summed E-state index contributed by atoms with van der Waals surface area (Å²) >= 11 is 0. The fourth-order valence-electron chi connectivity index (χ4n) is 6.32. The Balaban J connectivity index is 1.28. The van der Waals surface area contributed by atoms with Crippen molar-refractivity contribution >= 4 is 32.7 Å². The molecule has 1 fully saturated rings. The largest absolute Gasteiger partial charge is 0.488 e. The lowest BCUT2D eigenvalue weighted by molar-refractivity contribution is -0.149. The van der Waals surface area contributed by atoms with E-state index in [0.717, 1.165) is 54.1 Å². The van der Waals surface area contributed by atoms with Gasteiger partial charge in [0.05, 0.1) is 28.8 Å². The molecule has 48 heavy (non-hydrogen) atoms. The minimum absolute atomic E-state index is 0.0825. The van der Waals surface area contributed by atoms with E-state index in [0.29, 0.717) is 23.5 Å². The Labute approximate surface area is 277 Å². The highest BCUT2D eigenvalue weighted by Gasteiger charge is 2.43. The molecular formula is C34H37N7O6S. The van der Waals surface area contributed by atoms with Gasteiger partial charge in [-0.15, -0.1) is 5.10 Å². The molecule has 0 aliphatic carbocycles. The summed E-state index contributed by atoms with van der Waals surface area (Å²) < 4.78 is 31.6. The average molecular weight is 672 g/mol. The van der Waals surface area contributed by atoms with Gasteiger partial charge in [-0.3, -0.25) is 4.79 Å². The van der Waals surface area contributed by atoms with Crippen LogP contribution in [-0.4, -0.2) is 85.4 Å². The number of carboxylic acid groups (broad SMARTS) is 1. The second kappa shape index (κ2) is 13.9. The van der Waals surface area contributed by atoms with E-state index in [1.807, 2.05) is 47.0 Å². The molecule has 0 saturated carbocycles. The van der Waals surface area contributed by atoms with Crippen molar-refractivity contribution in [1.29, 1.82) is 0 Å². The fourth-order valence-corrected chi connectivity index (χ4v) is 6.95. The topological polar surface area (TPSA) is 173 Å². The number of hydrogen-bond donors (Lipinski definition) is 2. The number of amides is 1. The number of nitrogens with one attached hydrogen (secondary N) is 1. The number of benzene rings is 3. The lowest BCUT2D eigenvalue weighted by atomic mass is 9.98. The van der Waals surface area contributed by atoms with Crippen molar-refractivity contribution in [3.8, 4) is 28.3 Å². The van der Waals surface area contributed by atoms with Gasteiger partial charge in [-0.1, -0.05) is 62.9 Å². The molecule has 14 heteroatoms. The van der Waals surface area contributed by atoms with Crippen molar-refractivity contribution in [1.82, 2.24) is 35.1 Å². The predicted molar refractivity (Wildman–Crippen MR) is 178 cm³/mol. The summed E-state index contributed by atoms with van der Waals surface area (Å²) in [4.78, 5) is 33.0. The Bertz CT molecular complexity index is 2010. The molecule has 0 bridgehead atoms. The number of likely N-dealkylation sites (tertiary alicyclic amines) is 1. The van der Waals surface area contributed by atoms with Gasteiger partial charge >= 0.3 is 5.97 Å². The van der Waals surface area contributed by atoms with Crippen LogP contribution in [0.4, 0.5) is 0 Å². The number of hydrogen-bond acceptors (Lipinski definition) is 9. The zero-order chi connectivity index (χ0) is 33.8. The number of aromatic amines is 1. The minimum Gasteiger partial charge on any atom is -0.488 e. The Hall–Kier alpha value is -5.11. The smallest absolute Gasteiger partial charge is 0.326 e. The average Bonchev–Trinajstić information content (AvgIpc) is 3.85. The molecule has 2 N–H and O–H groups in total. The molecular weight excluding hydrogens is 634 g/mol. The maximum atomic E-state index is 14.4. The van der Waals surface area contributed by atoms with Gasteiger partial charge in [0.15, 0.2) is 15.7 Å². The summed E-state index contributed by atoms with van der Waals surface area (Å²) in [6, 6.07) is 17.9. The number of H-pyrrole nitrogens is 1. The lowest BCUT2D eigenvalue weighted by Gasteiger charge is -2.28. The number of carboxylic acids is 1. The van der Waals surface area contributed by atoms with Crippen LogP contribution < -0.4 is 4.74 Å². The number of aromatic nitrogens is 6. The third-order valence-corrected chi connectivity index (χ3v) is 9.88. The molecule has 1 aliphatic heterocycles. The molecule has 0 radical (unpaired) electrons. The molecule has 6 rings (SSSR count). The number of rotatable bonds is 13. The Kier molecular flexibility index (Phi) is 9.53. The van der Waals surface area contributed by atoms with Gasteiger partial charge < -0.3 is 19.3 Å². The number of nitrogens with zero attached hydrogens (tertiary/aromatic N) is 6. The lowest BCUT2D eigenvalue weighted by Crippen LogP contribution is -2.44. The second-order valence-corrected chi connectivity index (χ2v) is 14.1. The van der Waals surface area contributed by atoms with Crippen LogP contribution in [0.25, 0.3) is 33.5 Å². The molecule has 5 aromatic rings. The summed E-state index contributed by atoms with van der Waals surface area (Å²) in [5, 5.41) is 24.5. The van der Waals surface area contributed by atoms with Crippen LogP contribution in [0, 0.1) is 0 Å². The number of aliphatic carboxylic acids is 1. The van der Waals surface area contributed by atoms with Gasteiger partial charge in [-0.05, 0) is 64.4 Å². The van der Waals surface area contributed by atoms with E-state index in [2.05, 4.69) is 32.5 Å². The van der Waals surface area contributed by atoms with Crippen LogP contribution in [0.15, 0.2) is 78.0 Å². The standard InChI is InChI=1S/C34H37N7O6S/c1-3-4-5-6-11-30(33(42)40-20-24(19-31(40)34(43)44)47-23-13-15-25(16-14-23)48(2,45)46)41-21-35-28-18-22(12-17-29(28)41)26-9-7-8-10-27(26)32-36-38-39-37-32/h7-10,12-18,21,24,30-31H,3-6,11,19-20H2,1-2H3,(H,43,44)(H,36,37,38,39)/t24-,30?,31-/m0/s1. The Morgan fingerprint density at radius 2 is 1.81 bits per heavy atom. The van der Waals surface area contributed by atoms with Crippen molar-refractivity contribution in [2.24, 2.45) is 0 Å². The SMILES string of the molecule is CCCCCCC(C(=O)N1C[C@@H](Oc2ccc(S(C)(=O)=O)cc2)C[C@H]1C(=O)O)n1cnc2cc(-c3ccccc3-c3nnn[nH]3)ccc21. The number of sulfone groups is 1. The molecule has 250 valence electrons. The van der Waals surface area contributed by atoms with Crippen LogP contribution in [0.2, 0.25) is 0 Å². The Morgan fingerprint density at radius 3 is 2.50 bits per heavy atom. The van der Waals surface area contributed by atoms with Crippen LogP contribution in [0.3, 0.4) is 0 Å². The van der Waals surface area contributed by atoms with E-state index < -0.39 is 34.0 Å². The summed E-state index contributed by atoms with van der Waals surface area (Å²) in [5.74, 6) is -0.461. The summed E-state index contributed by atoms with van der Waals surface area (Å²) in [6.45, 7) is 2.20. The molecule has 3 atom stereocenters. The van der Waals surface area contributed by atoms with Gasteiger partial charge in [0, 0.05) is 18.2 Å². The van der Waals surface area contributed by atoms with E-state index in [4.69, 9.17) is 4.74 Å². The molecule has 2 aromatic heterocycles. The van der Waals surface area contributed by atoms with Crippen molar-refractivity contribution in [2.75, 3.05) is 12.8 Å². The quantitative estimate of drug-likeness (QED) is 0.163. The summed E-state index contributed by atoms with van der Waals surface area (Å²) in [7, 11) is -3.38. The van der Waals surface area contributed by atoms with Crippen LogP contribution >= 0.6 is 0 Å². The number of unbranched alkanes of at least 4 members (excludes halogenated alkanes) is 3. The van der Waals surface area contributed by atoms with Gasteiger partial charge in [-0.25, -0.2) is 23.3 Å². The maximum absolute atomic E-state index is 14.4. The van der Waals surface area contributed by atoms with Crippen LogP contribution in [-0.2, 0) is 19.4 Å². The zero-order valence-electron chi connectivity index (χ0n) is 26.7. The van der Waals surface area contributed by atoms with E-state index in [1.165, 1.54) is 17.0 Å². The number of fused-ring (bicyclic) bond motifs is 1. The number of tetrazole rings is 1. The third kappa shape index (κ3) is 6.93. The van der Waals surface area contributed by atoms with Gasteiger partial charge in [0.25, 0.3) is 0 Å². The molecule has 13 nitrogen and oxygen atoms in total. The van der Waals surface area contributed by atoms with E-state index >= 15 is 0 Å². The minimum atomic E-state index is -3.38. The molecule has 1 amide bonds. The van der Waals surface area contributed by atoms with E-state index in [1.54, 1.807) is 18.5 Å². The van der Waals surface area contributed by atoms with Gasteiger partial charge in [-0.2, -0.15) is 0 Å². The Morgan fingerprint density at radius 1 is 1.04 bits per heavy atom. The molecule has 3 heterocycles. The number of carbonyl (C=O) groups excluding carboxylic acids is 1. The molecule has 1 unspecified atom stereocenters. The third-order valence-electron chi connectivity index (χ3n) is 8.75. The number of carbonyl (C=O) groups is 2. The first-order valence-corrected chi connectivity index (χ1v) is 17.8. The van der Waals surface area contributed by atoms with Crippen LogP contribution in [0.5, 0.6) is 5.75 Å². The summed E-state index contributed by atoms with van der Waals surface area (Å²) in [5.41, 5.74) is 4.11. The zero-order valence-corrected chi connectivity index (χ0v) is 27.5. The van der Waals surface area contributed by atoms with Gasteiger partial charge in [0.1, 0.15) is 23.9 Å². The normalized spacial score (nSPS) is 17.1. The van der Waals surface area contributed by atoms with Crippen LogP contribution in [0.1, 0.15) is 51.5 Å². The van der Waals surface area contributed by atoms with Crippen molar-refractivity contribution < 1.29 is 27.9 Å². The maximum Gasteiger partial charge on any atom is 0.326 e. The molecule has 3 aromatic carbocycles. The van der Waals surface area contributed by atoms with E-state index in [-0.39, 0.29) is 23.8 Å². The highest BCUT2D eigenvalue weighted by molar-refractivity contribution is 7.90. The first kappa shape index (κ1) is 32.8. The molecule has 1 aliphatic rings. The van der Waals surface area contributed by atoms with Crippen molar-refractivity contribution in [3.63, 3.8) is 0 Å². The molecule has 0 spiro atoms. The van der Waals surface area contributed by atoms with Crippen molar-refractivity contribution in [3.05, 3.63) is 73.1 Å². The second-order valence-electron chi connectivity index (χ2n) is 12.1. The fraction of sp³-hybridized carbons (Fsp3) is 0.353. The highest BCUT2D eigenvalue weighted by atomic mass is 32.2. The van der Waals surface area contributed by atoms with Gasteiger partial charge in [0.2, 0.25) is 5.91 Å². The number of ether oxygens (including phenoxy) is 1. The first-order valence-electron chi connectivity index (χ1n) is 15.9. The molecule has 1 saturated heterocycles. The first-order chi connectivity index (χ1) is 23.1. The summed E-state index contributed by atoms with van der Waals surface area (Å²) in [6.07, 6.45) is 6.64. The predicted octanol–water partition coefficient (Wildman–Crippen LogP) is 4.93. The van der Waals surface area contributed by atoms with Crippen molar-refractivity contribution in [2.45, 2.75) is 68.5 Å². The highest BCUT2D eigenvalue weighted by Crippen LogP contribution is 2.34. The number of imidazole rings is 1. The monoisotopic (exact) mass is 671 g/mol.